The largest absolute Gasteiger partial charge is 0.478 e. The summed E-state index contributed by atoms with van der Waals surface area (Å²) in [6, 6.07) is 9.05. The first-order valence-corrected chi connectivity index (χ1v) is 12.7. The number of benzene rings is 2. The molecule has 4 aliphatic rings. The summed E-state index contributed by atoms with van der Waals surface area (Å²) in [6.45, 7) is -3.64. The van der Waals surface area contributed by atoms with Crippen molar-refractivity contribution in [2.24, 2.45) is 0 Å². The third-order valence-corrected chi connectivity index (χ3v) is 7.59. The molecule has 202 valence electrons. The van der Waals surface area contributed by atoms with Crippen molar-refractivity contribution in [2.45, 2.75) is 70.9 Å². The molecular weight excluding hydrogens is 480 g/mol. The molecule has 0 amide bonds. The van der Waals surface area contributed by atoms with Gasteiger partial charge in [0.15, 0.2) is 5.71 Å². The summed E-state index contributed by atoms with van der Waals surface area (Å²) >= 11 is 0. The van der Waals surface area contributed by atoms with Crippen LogP contribution >= 0.6 is 0 Å². The summed E-state index contributed by atoms with van der Waals surface area (Å²) in [7, 11) is 0. The Morgan fingerprint density at radius 2 is 1.69 bits per heavy atom. The van der Waals surface area contributed by atoms with Gasteiger partial charge in [-0.25, -0.2) is 9.37 Å². The average molecular weight is 538 g/mol. The van der Waals surface area contributed by atoms with E-state index < -0.39 is 68.3 Å². The minimum absolute atomic E-state index is 0.102. The molecule has 2 aromatic rings. The SMILES string of the molecule is [2H]C1([2H])N(c2ccc3c(c2)C(C)(C)C2=CC(=[N+]4C([2H])([2H])C([2H])([2H])C([2H])([2H])C4([2H])[2H])C=CC2=C3c2cc(C(C)(C)C)ccc2C(=O)O)C([2H])([2H])C([2H])([2H])C1([2H])[2H]. The highest BCUT2D eigenvalue weighted by molar-refractivity contribution is 6.08. The highest BCUT2D eigenvalue weighted by Crippen LogP contribution is 2.51. The van der Waals surface area contributed by atoms with E-state index in [9.17, 15) is 9.90 Å². The van der Waals surface area contributed by atoms with Crippen LogP contribution in [0, 0.1) is 0 Å². The van der Waals surface area contributed by atoms with Crippen LogP contribution < -0.4 is 4.90 Å². The Morgan fingerprint density at radius 3 is 2.36 bits per heavy atom. The van der Waals surface area contributed by atoms with Crippen LogP contribution in [0.4, 0.5) is 5.69 Å². The number of allylic oxidation sites excluding steroid dienone is 5. The molecule has 0 unspecified atom stereocenters. The maximum absolute atomic E-state index is 12.8. The Labute approximate surface area is 255 Å². The number of fused-ring (bicyclic) bond motifs is 2. The normalized spacial score (nSPS) is 36.7. The highest BCUT2D eigenvalue weighted by atomic mass is 16.4. The molecule has 0 atom stereocenters. The standard InChI is InChI=1S/C35H40N2O2/c1-34(2,3)23-10-13-26(33(38)39)29(20-23)32-27-14-11-24(36-16-6-7-17-36)21-30(27)35(4,5)31-22-25(12-15-28(31)32)37-18-8-9-19-37/h10-15,20-22H,6-9,16-19H2,1-5H3/p+1/i6D2,7D2,8D2,9D2,16D2,17D2,18D2,19D2. The van der Waals surface area contributed by atoms with Crippen molar-refractivity contribution in [3.8, 4) is 0 Å². The number of carboxylic acid groups (broad SMARTS) is 1. The number of carbonyl (C=O) groups is 1. The number of nitrogens with zero attached hydrogens (tertiary/aromatic N) is 2. The van der Waals surface area contributed by atoms with E-state index in [-0.39, 0.29) is 22.5 Å². The summed E-state index contributed by atoms with van der Waals surface area (Å²) < 4.78 is 137. The molecule has 0 bridgehead atoms. The fourth-order valence-corrected chi connectivity index (χ4v) is 5.45. The monoisotopic (exact) mass is 537 g/mol. The van der Waals surface area contributed by atoms with Gasteiger partial charge in [-0.1, -0.05) is 46.8 Å². The summed E-state index contributed by atoms with van der Waals surface area (Å²) in [5.41, 5.74) is 0.515. The molecule has 4 heteroatoms. The molecule has 0 aromatic heterocycles. The van der Waals surface area contributed by atoms with E-state index in [0.717, 1.165) is 5.56 Å². The number of rotatable bonds is 3. The average Bonchev–Trinajstić information content (AvgIpc) is 3.15. The third-order valence-electron chi connectivity index (χ3n) is 7.59. The summed E-state index contributed by atoms with van der Waals surface area (Å²) in [5, 5.41) is 10.5. The van der Waals surface area contributed by atoms with Crippen molar-refractivity contribution >= 4 is 22.9 Å². The third kappa shape index (κ3) is 4.38. The molecule has 2 fully saturated rings. The van der Waals surface area contributed by atoms with Gasteiger partial charge in [0.1, 0.15) is 18.5 Å². The van der Waals surface area contributed by atoms with E-state index in [2.05, 4.69) is 0 Å². The first kappa shape index (κ1) is 13.3. The second kappa shape index (κ2) is 9.36. The van der Waals surface area contributed by atoms with Crippen LogP contribution in [-0.4, -0.2) is 47.4 Å². The van der Waals surface area contributed by atoms with Gasteiger partial charge in [-0.05, 0) is 87.5 Å². The molecule has 2 aliphatic heterocycles. The van der Waals surface area contributed by atoms with E-state index >= 15 is 0 Å². The lowest BCUT2D eigenvalue weighted by atomic mass is 9.64. The van der Waals surface area contributed by atoms with Crippen molar-refractivity contribution in [1.82, 2.24) is 0 Å². The Hall–Kier alpha value is -3.40. The van der Waals surface area contributed by atoms with Crippen LogP contribution in [0.15, 0.2) is 65.8 Å². The first-order chi connectivity index (χ1) is 24.6. The predicted molar refractivity (Wildman–Crippen MR) is 160 cm³/mol. The van der Waals surface area contributed by atoms with Crippen molar-refractivity contribution in [1.29, 1.82) is 0 Å². The molecule has 2 saturated heterocycles. The van der Waals surface area contributed by atoms with E-state index in [4.69, 9.17) is 21.9 Å². The molecule has 2 heterocycles. The van der Waals surface area contributed by atoms with Crippen molar-refractivity contribution < 1.29 is 36.4 Å². The van der Waals surface area contributed by atoms with Gasteiger partial charge in [0.25, 0.3) is 0 Å². The summed E-state index contributed by atoms with van der Waals surface area (Å²) in [4.78, 5) is 13.2. The molecule has 2 aromatic carbocycles. The summed E-state index contributed by atoms with van der Waals surface area (Å²) in [5.74, 6) is -1.27. The van der Waals surface area contributed by atoms with Crippen LogP contribution in [0.25, 0.3) is 5.57 Å². The van der Waals surface area contributed by atoms with Gasteiger partial charge < -0.3 is 10.0 Å². The van der Waals surface area contributed by atoms with Crippen LogP contribution in [0.5, 0.6) is 0 Å². The summed E-state index contributed by atoms with van der Waals surface area (Å²) in [6.07, 6.45) is -9.14. The Morgan fingerprint density at radius 1 is 0.974 bits per heavy atom. The van der Waals surface area contributed by atoms with Gasteiger partial charge in [0.2, 0.25) is 0 Å². The van der Waals surface area contributed by atoms with Crippen molar-refractivity contribution in [3.05, 3.63) is 93.6 Å². The number of carboxylic acids is 1. The Bertz CT molecular complexity index is 2130. The minimum Gasteiger partial charge on any atom is -0.478 e. The second-order valence-corrected chi connectivity index (χ2v) is 11.4. The molecule has 0 saturated carbocycles. The van der Waals surface area contributed by atoms with E-state index in [1.54, 1.807) is 26.0 Å². The zero-order valence-corrected chi connectivity index (χ0v) is 22.4. The maximum Gasteiger partial charge on any atom is 0.336 e. The van der Waals surface area contributed by atoms with Crippen LogP contribution in [0.1, 0.15) is 115 Å². The van der Waals surface area contributed by atoms with Gasteiger partial charge in [0, 0.05) is 65.4 Å². The minimum atomic E-state index is -3.33. The Kier molecular flexibility index (Phi) is 3.19. The van der Waals surface area contributed by atoms with Crippen LogP contribution in [0.2, 0.25) is 0 Å². The molecule has 39 heavy (non-hydrogen) atoms. The topological polar surface area (TPSA) is 43.5 Å². The van der Waals surface area contributed by atoms with Gasteiger partial charge >= 0.3 is 5.97 Å². The predicted octanol–water partition coefficient (Wildman–Crippen LogP) is 7.12. The molecule has 1 N–H and O–H groups in total. The smallest absolute Gasteiger partial charge is 0.336 e. The van der Waals surface area contributed by atoms with Crippen LogP contribution in [0.3, 0.4) is 0 Å². The highest BCUT2D eigenvalue weighted by Gasteiger charge is 2.40. The van der Waals surface area contributed by atoms with Gasteiger partial charge in [-0.3, -0.25) is 0 Å². The van der Waals surface area contributed by atoms with E-state index in [1.165, 1.54) is 42.5 Å². The fourth-order valence-electron chi connectivity index (χ4n) is 5.45. The number of anilines is 1. The Balaban J connectivity index is 1.74. The molecule has 2 aliphatic carbocycles. The number of hydrogen-bond acceptors (Lipinski definition) is 2. The lowest BCUT2D eigenvalue weighted by molar-refractivity contribution is -0.504. The number of aromatic carboxylic acids is 1. The van der Waals surface area contributed by atoms with Crippen molar-refractivity contribution in [3.63, 3.8) is 0 Å². The fraction of sp³-hybridized carbons (Fsp3) is 0.429. The zero-order chi connectivity index (χ0) is 41.9. The van der Waals surface area contributed by atoms with Gasteiger partial charge in [-0.15, -0.1) is 0 Å². The van der Waals surface area contributed by atoms with Crippen molar-refractivity contribution in [2.75, 3.05) is 30.9 Å². The molecular formula is C35H41N2O2+. The van der Waals surface area contributed by atoms with Gasteiger partial charge in [0.05, 0.1) is 5.56 Å². The molecule has 0 spiro atoms. The van der Waals surface area contributed by atoms with Crippen LogP contribution in [-0.2, 0) is 10.8 Å². The first-order valence-electron chi connectivity index (χ1n) is 20.7. The molecule has 4 nitrogen and oxygen atoms in total. The van der Waals surface area contributed by atoms with E-state index in [0.29, 0.717) is 37.3 Å². The molecule has 0 radical (unpaired) electrons. The zero-order valence-electron chi connectivity index (χ0n) is 38.4. The lowest BCUT2D eigenvalue weighted by Crippen LogP contribution is -2.31. The lowest BCUT2D eigenvalue weighted by Gasteiger charge is -2.40. The molecule has 6 rings (SSSR count). The maximum atomic E-state index is 12.8. The second-order valence-electron chi connectivity index (χ2n) is 11.4. The quantitative estimate of drug-likeness (QED) is 0.424. The number of hydrogen-bond donors (Lipinski definition) is 1. The van der Waals surface area contributed by atoms with Gasteiger partial charge in [-0.2, -0.15) is 0 Å². The van der Waals surface area contributed by atoms with E-state index in [1.807, 2.05) is 20.8 Å².